The van der Waals surface area contributed by atoms with Gasteiger partial charge in [-0.2, -0.15) is 5.26 Å². The Labute approximate surface area is 263 Å². The number of aromatic nitrogens is 2. The molecule has 45 heavy (non-hydrogen) atoms. The molecule has 6 rings (SSSR count). The number of hydrogen-bond acceptors (Lipinski definition) is 4. The van der Waals surface area contributed by atoms with Crippen molar-refractivity contribution in [2.45, 2.75) is 52.7 Å². The lowest BCUT2D eigenvalue weighted by molar-refractivity contribution is -0.139. The molecule has 8 heteroatoms. The highest BCUT2D eigenvalue weighted by Gasteiger charge is 2.48. The normalized spacial score (nSPS) is 14.7. The van der Waals surface area contributed by atoms with Crippen LogP contribution in [-0.4, -0.2) is 45.4 Å². The van der Waals surface area contributed by atoms with Crippen LogP contribution in [0.1, 0.15) is 46.7 Å². The smallest absolute Gasteiger partial charge is 0.268 e. The summed E-state index contributed by atoms with van der Waals surface area (Å²) >= 11 is 0. The van der Waals surface area contributed by atoms with Crippen LogP contribution in [0.5, 0.6) is 0 Å². The first-order valence-electron chi connectivity index (χ1n) is 15.3. The number of carbonyl (C=O) groups excluding carboxylic acids is 2. The van der Waals surface area contributed by atoms with Crippen molar-refractivity contribution in [1.29, 1.82) is 5.26 Å². The molecule has 2 aromatic heterocycles. The summed E-state index contributed by atoms with van der Waals surface area (Å²) in [4.78, 5) is 39.2. The number of aromatic amines is 2. The molecule has 0 spiro atoms. The number of benzene rings is 3. The van der Waals surface area contributed by atoms with Crippen molar-refractivity contribution in [2.24, 2.45) is 0 Å². The van der Waals surface area contributed by atoms with Crippen LogP contribution < -0.4 is 10.2 Å². The zero-order valence-corrected chi connectivity index (χ0v) is 26.2. The third-order valence-electron chi connectivity index (χ3n) is 9.11. The third-order valence-corrected chi connectivity index (χ3v) is 9.11. The zero-order chi connectivity index (χ0) is 31.7. The fraction of sp³-hybridized carbons (Fsp3) is 0.270. The van der Waals surface area contributed by atoms with E-state index in [9.17, 15) is 10.1 Å². The third kappa shape index (κ3) is 5.63. The van der Waals surface area contributed by atoms with Gasteiger partial charge in [0.1, 0.15) is 0 Å². The summed E-state index contributed by atoms with van der Waals surface area (Å²) in [5.74, 6) is -0.525. The minimum absolute atomic E-state index is 0.238. The summed E-state index contributed by atoms with van der Waals surface area (Å²) in [6.45, 7) is 9.14. The van der Waals surface area contributed by atoms with Crippen molar-refractivity contribution in [3.05, 3.63) is 113 Å². The first-order valence-corrected chi connectivity index (χ1v) is 15.3. The first-order chi connectivity index (χ1) is 21.7. The molecule has 2 amide bonds. The monoisotopic (exact) mass is 598 g/mol. The van der Waals surface area contributed by atoms with Crippen molar-refractivity contribution < 1.29 is 9.59 Å². The maximum absolute atomic E-state index is 15.6. The van der Waals surface area contributed by atoms with Crippen LogP contribution >= 0.6 is 0 Å². The standard InChI is InChI=1S/C37H38N6O2/c1-24-16-29(17-25(2)26(24)3)23-43(35-22-40-34-13-12-28(20-38)18-32(34)35)36(45)37(41-27(4)44,42-14-8-5-9-15-42)19-30-21-39-33-11-7-6-10-31(30)33/h5-8,10-13,16-18,21-22,39-40H,9,14-15,19,23H2,1-4H3,(H,41,44). The summed E-state index contributed by atoms with van der Waals surface area (Å²) in [6.07, 6.45) is 8.97. The van der Waals surface area contributed by atoms with Gasteiger partial charge in [-0.25, -0.2) is 0 Å². The van der Waals surface area contributed by atoms with Crippen LogP contribution in [0.15, 0.2) is 79.1 Å². The fourth-order valence-electron chi connectivity index (χ4n) is 6.62. The zero-order valence-electron chi connectivity index (χ0n) is 26.2. The Morgan fingerprint density at radius 3 is 2.42 bits per heavy atom. The highest BCUT2D eigenvalue weighted by molar-refractivity contribution is 6.08. The largest absolute Gasteiger partial charge is 0.361 e. The number of hydrogen-bond donors (Lipinski definition) is 3. The molecule has 0 fully saturated rings. The van der Waals surface area contributed by atoms with Gasteiger partial charge in [0.25, 0.3) is 5.91 Å². The lowest BCUT2D eigenvalue weighted by atomic mass is 9.92. The molecule has 0 saturated heterocycles. The van der Waals surface area contributed by atoms with Gasteiger partial charge in [0.2, 0.25) is 5.91 Å². The van der Waals surface area contributed by atoms with E-state index in [4.69, 9.17) is 0 Å². The summed E-state index contributed by atoms with van der Waals surface area (Å²) in [7, 11) is 0. The summed E-state index contributed by atoms with van der Waals surface area (Å²) in [5.41, 5.74) is 7.00. The number of rotatable bonds is 8. The molecule has 1 aliphatic rings. The van der Waals surface area contributed by atoms with E-state index in [0.29, 0.717) is 24.3 Å². The van der Waals surface area contributed by atoms with Gasteiger partial charge in [-0.1, -0.05) is 42.5 Å². The topological polar surface area (TPSA) is 108 Å². The van der Waals surface area contributed by atoms with Crippen LogP contribution in [0.2, 0.25) is 0 Å². The minimum Gasteiger partial charge on any atom is -0.361 e. The molecular weight excluding hydrogens is 560 g/mol. The number of nitrogens with zero attached hydrogens (tertiary/aromatic N) is 3. The predicted molar refractivity (Wildman–Crippen MR) is 179 cm³/mol. The van der Waals surface area contributed by atoms with Gasteiger partial charge < -0.3 is 20.2 Å². The minimum atomic E-state index is -1.40. The molecule has 0 aliphatic carbocycles. The van der Waals surface area contributed by atoms with Gasteiger partial charge in [-0.05, 0) is 79.3 Å². The number of nitriles is 1. The number of aryl methyl sites for hydroxylation is 2. The van der Waals surface area contributed by atoms with Crippen molar-refractivity contribution in [3.63, 3.8) is 0 Å². The molecule has 1 unspecified atom stereocenters. The highest BCUT2D eigenvalue weighted by atomic mass is 16.2. The van der Waals surface area contributed by atoms with Crippen LogP contribution in [0.3, 0.4) is 0 Å². The number of nitrogens with one attached hydrogen (secondary N) is 3. The molecule has 0 radical (unpaired) electrons. The fourth-order valence-corrected chi connectivity index (χ4v) is 6.62. The number of para-hydroxylation sites is 1. The lowest BCUT2D eigenvalue weighted by Crippen LogP contribution is -2.70. The van der Waals surface area contributed by atoms with E-state index < -0.39 is 5.66 Å². The Morgan fingerprint density at radius 2 is 1.71 bits per heavy atom. The molecule has 228 valence electrons. The van der Waals surface area contributed by atoms with Gasteiger partial charge in [0.15, 0.2) is 5.66 Å². The van der Waals surface area contributed by atoms with E-state index in [1.807, 2.05) is 48.8 Å². The number of anilines is 1. The molecule has 5 aromatic rings. The van der Waals surface area contributed by atoms with E-state index in [0.717, 1.165) is 50.5 Å². The quantitative estimate of drug-likeness (QED) is 0.182. The van der Waals surface area contributed by atoms with Crippen molar-refractivity contribution in [1.82, 2.24) is 20.2 Å². The Balaban J connectivity index is 1.57. The van der Waals surface area contributed by atoms with Gasteiger partial charge in [-0.15, -0.1) is 0 Å². The average molecular weight is 599 g/mol. The molecule has 1 atom stereocenters. The second kappa shape index (κ2) is 12.1. The average Bonchev–Trinajstić information content (AvgIpc) is 3.65. The van der Waals surface area contributed by atoms with Crippen LogP contribution in [0.25, 0.3) is 21.8 Å². The van der Waals surface area contributed by atoms with Gasteiger partial charge in [0.05, 0.1) is 23.9 Å². The number of fused-ring (bicyclic) bond motifs is 2. The number of H-pyrrole nitrogens is 2. The SMILES string of the molecule is CC(=O)NC(Cc1c[nH]c2ccccc12)(C(=O)N(Cc1cc(C)c(C)c(C)c1)c1c[nH]c2ccc(C#N)cc12)N1CC=CCC1. The highest BCUT2D eigenvalue weighted by Crippen LogP contribution is 2.35. The molecular formula is C37H38N6O2. The van der Waals surface area contributed by atoms with E-state index in [1.165, 1.54) is 12.5 Å². The Morgan fingerprint density at radius 1 is 0.978 bits per heavy atom. The summed E-state index contributed by atoms with van der Waals surface area (Å²) < 4.78 is 0. The van der Waals surface area contributed by atoms with E-state index >= 15 is 4.79 Å². The Kier molecular flexibility index (Phi) is 8.05. The van der Waals surface area contributed by atoms with Crippen LogP contribution in [0, 0.1) is 32.1 Å². The van der Waals surface area contributed by atoms with Gasteiger partial charge in [-0.3, -0.25) is 14.5 Å². The molecule has 3 aromatic carbocycles. The number of carbonyl (C=O) groups is 2. The second-order valence-corrected chi connectivity index (χ2v) is 12.1. The summed E-state index contributed by atoms with van der Waals surface area (Å²) in [5, 5.41) is 14.7. The molecule has 3 N–H and O–H groups in total. The summed E-state index contributed by atoms with van der Waals surface area (Å²) in [6, 6.07) is 19.9. The maximum atomic E-state index is 15.6. The van der Waals surface area contributed by atoms with Crippen LogP contribution in [-0.2, 0) is 22.6 Å². The van der Waals surface area contributed by atoms with Crippen LogP contribution in [0.4, 0.5) is 5.69 Å². The first kappa shape index (κ1) is 29.9. The molecule has 3 heterocycles. The van der Waals surface area contributed by atoms with Crippen molar-refractivity contribution in [2.75, 3.05) is 18.0 Å². The predicted octanol–water partition coefficient (Wildman–Crippen LogP) is 6.32. The van der Waals surface area contributed by atoms with Gasteiger partial charge >= 0.3 is 0 Å². The second-order valence-electron chi connectivity index (χ2n) is 12.1. The molecule has 0 saturated carbocycles. The number of amides is 2. The van der Waals surface area contributed by atoms with E-state index in [-0.39, 0.29) is 24.8 Å². The van der Waals surface area contributed by atoms with Crippen molar-refractivity contribution in [3.8, 4) is 6.07 Å². The molecule has 0 bridgehead atoms. The lowest BCUT2D eigenvalue weighted by Gasteiger charge is -2.46. The maximum Gasteiger partial charge on any atom is 0.268 e. The van der Waals surface area contributed by atoms with E-state index in [1.54, 1.807) is 11.0 Å². The van der Waals surface area contributed by atoms with Crippen molar-refractivity contribution >= 4 is 39.3 Å². The Bertz CT molecular complexity index is 1970. The molecule has 8 nitrogen and oxygen atoms in total. The molecule has 1 aliphatic heterocycles. The van der Waals surface area contributed by atoms with E-state index in [2.05, 4.69) is 71.3 Å². The van der Waals surface area contributed by atoms with Gasteiger partial charge in [0, 0.05) is 60.6 Å². The Hall–Kier alpha value is -5.13.